The molecule has 0 saturated carbocycles. The smallest absolute Gasteiger partial charge is 0.277 e. The number of amides is 1. The van der Waals surface area contributed by atoms with Gasteiger partial charge in [-0.3, -0.25) is 15.1 Å². The van der Waals surface area contributed by atoms with Crippen molar-refractivity contribution in [2.75, 3.05) is 13.1 Å². The van der Waals surface area contributed by atoms with Crippen molar-refractivity contribution in [3.63, 3.8) is 0 Å². The number of guanidine groups is 1. The number of para-hydroxylation sites is 1. The lowest BCUT2D eigenvalue weighted by Crippen LogP contribution is -2.33. The van der Waals surface area contributed by atoms with Crippen LogP contribution in [-0.4, -0.2) is 39.3 Å². The molecule has 1 aliphatic heterocycles. The normalized spacial score (nSPS) is 17.1. The highest BCUT2D eigenvalue weighted by Crippen LogP contribution is 2.27. The summed E-state index contributed by atoms with van der Waals surface area (Å²) in [6, 6.07) is 8.21. The molecule has 0 unspecified atom stereocenters. The molecular weight excluding hydrogens is 288 g/mol. The van der Waals surface area contributed by atoms with Crippen molar-refractivity contribution in [1.82, 2.24) is 14.4 Å². The monoisotopic (exact) mass is 310 g/mol. The lowest BCUT2D eigenvalue weighted by atomic mass is 10.1. The summed E-state index contributed by atoms with van der Waals surface area (Å²) in [6.07, 6.45) is 4.00. The SMILES string of the molecule is CCN1C(=N)N(CC)/C(=C/c2cn(CC)c3ccccc23)C1=O. The summed E-state index contributed by atoms with van der Waals surface area (Å²) in [5.74, 6) is 0.179. The molecule has 3 rings (SSSR count). The fourth-order valence-corrected chi connectivity index (χ4v) is 3.16. The van der Waals surface area contributed by atoms with Gasteiger partial charge in [0.1, 0.15) is 5.70 Å². The van der Waals surface area contributed by atoms with Gasteiger partial charge in [-0.2, -0.15) is 0 Å². The van der Waals surface area contributed by atoms with E-state index >= 15 is 0 Å². The topological polar surface area (TPSA) is 52.3 Å². The lowest BCUT2D eigenvalue weighted by molar-refractivity contribution is -0.122. The maximum atomic E-state index is 12.6. The summed E-state index contributed by atoms with van der Waals surface area (Å²) in [4.78, 5) is 15.9. The van der Waals surface area contributed by atoms with E-state index < -0.39 is 0 Å². The van der Waals surface area contributed by atoms with Crippen LogP contribution in [0.1, 0.15) is 26.3 Å². The molecule has 0 atom stereocenters. The molecule has 0 aliphatic carbocycles. The minimum atomic E-state index is -0.0901. The Balaban J connectivity index is 2.14. The molecule has 0 radical (unpaired) electrons. The average molecular weight is 310 g/mol. The van der Waals surface area contributed by atoms with Crippen LogP contribution >= 0.6 is 0 Å². The number of nitrogens with one attached hydrogen (secondary N) is 1. The largest absolute Gasteiger partial charge is 0.347 e. The number of benzene rings is 1. The first kappa shape index (κ1) is 15.3. The van der Waals surface area contributed by atoms with Crippen molar-refractivity contribution in [2.24, 2.45) is 0 Å². The lowest BCUT2D eigenvalue weighted by Gasteiger charge is -2.16. The van der Waals surface area contributed by atoms with Gasteiger partial charge in [-0.05, 0) is 32.9 Å². The molecule has 1 N–H and O–H groups in total. The fraction of sp³-hybridized carbons (Fsp3) is 0.333. The summed E-state index contributed by atoms with van der Waals surface area (Å²) in [6.45, 7) is 7.97. The van der Waals surface area contributed by atoms with Crippen molar-refractivity contribution in [3.8, 4) is 0 Å². The third kappa shape index (κ3) is 2.32. The standard InChI is InChI=1S/C18H22N4O/c1-4-20-12-13(14-9-7-8-10-15(14)20)11-16-17(23)22(6-3)18(19)21(16)5-2/h7-12,19H,4-6H2,1-3H3/b16-11+,19-18?. The van der Waals surface area contributed by atoms with Gasteiger partial charge < -0.3 is 9.47 Å². The van der Waals surface area contributed by atoms with Gasteiger partial charge >= 0.3 is 0 Å². The number of aryl methyl sites for hydroxylation is 1. The number of carbonyl (C=O) groups is 1. The van der Waals surface area contributed by atoms with Crippen LogP contribution < -0.4 is 0 Å². The Morgan fingerprint density at radius 1 is 1.04 bits per heavy atom. The van der Waals surface area contributed by atoms with E-state index in [1.165, 1.54) is 4.90 Å². The Morgan fingerprint density at radius 3 is 2.39 bits per heavy atom. The molecule has 5 heteroatoms. The molecule has 1 aliphatic rings. The molecule has 0 bridgehead atoms. The second-order valence-corrected chi connectivity index (χ2v) is 5.53. The van der Waals surface area contributed by atoms with Crippen LogP contribution in [-0.2, 0) is 11.3 Å². The summed E-state index contributed by atoms with van der Waals surface area (Å²) in [5, 5.41) is 9.31. The van der Waals surface area contributed by atoms with Crippen LogP contribution in [0.25, 0.3) is 17.0 Å². The molecule has 120 valence electrons. The number of carbonyl (C=O) groups excluding carboxylic acids is 1. The van der Waals surface area contributed by atoms with Crippen LogP contribution in [0.2, 0.25) is 0 Å². The van der Waals surface area contributed by atoms with E-state index in [0.717, 1.165) is 23.0 Å². The van der Waals surface area contributed by atoms with Crippen molar-refractivity contribution in [1.29, 1.82) is 5.41 Å². The van der Waals surface area contributed by atoms with Crippen LogP contribution in [0.5, 0.6) is 0 Å². The summed E-state index contributed by atoms with van der Waals surface area (Å²) >= 11 is 0. The quantitative estimate of drug-likeness (QED) is 0.882. The number of rotatable bonds is 4. The van der Waals surface area contributed by atoms with Crippen LogP contribution in [0.4, 0.5) is 0 Å². The number of hydrogen-bond donors (Lipinski definition) is 1. The molecule has 1 aromatic heterocycles. The first-order valence-electron chi connectivity index (χ1n) is 8.09. The number of fused-ring (bicyclic) bond motifs is 1. The highest BCUT2D eigenvalue weighted by Gasteiger charge is 2.36. The molecular formula is C18H22N4O. The third-order valence-electron chi connectivity index (χ3n) is 4.35. The highest BCUT2D eigenvalue weighted by molar-refractivity contribution is 6.15. The Morgan fingerprint density at radius 2 is 1.74 bits per heavy atom. The van der Waals surface area contributed by atoms with Gasteiger partial charge in [-0.15, -0.1) is 0 Å². The van der Waals surface area contributed by atoms with E-state index in [1.807, 2.05) is 32.1 Å². The average Bonchev–Trinajstić information content (AvgIpc) is 3.03. The number of aromatic nitrogens is 1. The molecule has 1 aromatic carbocycles. The van der Waals surface area contributed by atoms with E-state index in [1.54, 1.807) is 4.90 Å². The zero-order chi connectivity index (χ0) is 16.6. The van der Waals surface area contributed by atoms with Crippen molar-refractivity contribution < 1.29 is 4.79 Å². The molecule has 1 saturated heterocycles. The molecule has 2 aromatic rings. The molecule has 23 heavy (non-hydrogen) atoms. The number of nitrogens with zero attached hydrogens (tertiary/aromatic N) is 3. The van der Waals surface area contributed by atoms with Gasteiger partial charge in [-0.1, -0.05) is 18.2 Å². The van der Waals surface area contributed by atoms with Gasteiger partial charge in [0, 0.05) is 42.3 Å². The van der Waals surface area contributed by atoms with Crippen molar-refractivity contribution in [2.45, 2.75) is 27.3 Å². The van der Waals surface area contributed by atoms with Gasteiger partial charge in [0.15, 0.2) is 0 Å². The highest BCUT2D eigenvalue weighted by atomic mass is 16.2. The molecule has 1 amide bonds. The van der Waals surface area contributed by atoms with Crippen LogP contribution in [0, 0.1) is 5.41 Å². The third-order valence-corrected chi connectivity index (χ3v) is 4.35. The number of likely N-dealkylation sites (N-methyl/N-ethyl adjacent to an activating group) is 2. The zero-order valence-electron chi connectivity index (χ0n) is 13.8. The first-order chi connectivity index (χ1) is 11.1. The first-order valence-corrected chi connectivity index (χ1v) is 8.09. The Labute approximate surface area is 136 Å². The van der Waals surface area contributed by atoms with Crippen molar-refractivity contribution in [3.05, 3.63) is 41.7 Å². The van der Waals surface area contributed by atoms with Crippen LogP contribution in [0.15, 0.2) is 36.2 Å². The maximum Gasteiger partial charge on any atom is 0.277 e. The van der Waals surface area contributed by atoms with E-state index in [2.05, 4.69) is 29.8 Å². The minimum Gasteiger partial charge on any atom is -0.347 e. The summed E-state index contributed by atoms with van der Waals surface area (Å²) in [5.41, 5.74) is 2.77. The second-order valence-electron chi connectivity index (χ2n) is 5.53. The molecule has 1 fully saturated rings. The summed E-state index contributed by atoms with van der Waals surface area (Å²) < 4.78 is 2.18. The van der Waals surface area contributed by atoms with Gasteiger partial charge in [0.05, 0.1) is 0 Å². The zero-order valence-corrected chi connectivity index (χ0v) is 13.8. The van der Waals surface area contributed by atoms with E-state index in [-0.39, 0.29) is 11.9 Å². The maximum absolute atomic E-state index is 12.6. The predicted octanol–water partition coefficient (Wildman–Crippen LogP) is 3.12. The molecule has 5 nitrogen and oxygen atoms in total. The number of hydrogen-bond acceptors (Lipinski definition) is 2. The van der Waals surface area contributed by atoms with Crippen LogP contribution in [0.3, 0.4) is 0 Å². The van der Waals surface area contributed by atoms with E-state index in [4.69, 9.17) is 5.41 Å². The van der Waals surface area contributed by atoms with E-state index in [0.29, 0.717) is 18.8 Å². The van der Waals surface area contributed by atoms with Gasteiger partial charge in [-0.25, -0.2) is 0 Å². The molecule has 2 heterocycles. The Bertz CT molecular complexity index is 802. The van der Waals surface area contributed by atoms with Crippen molar-refractivity contribution >= 4 is 28.8 Å². The molecule has 0 spiro atoms. The van der Waals surface area contributed by atoms with Gasteiger partial charge in [0.2, 0.25) is 5.96 Å². The van der Waals surface area contributed by atoms with Gasteiger partial charge in [0.25, 0.3) is 5.91 Å². The fourth-order valence-electron chi connectivity index (χ4n) is 3.16. The van der Waals surface area contributed by atoms with E-state index in [9.17, 15) is 4.79 Å². The summed E-state index contributed by atoms with van der Waals surface area (Å²) in [7, 11) is 0. The Hall–Kier alpha value is -2.56. The predicted molar refractivity (Wildman–Crippen MR) is 93.1 cm³/mol. The minimum absolute atomic E-state index is 0.0901. The Kier molecular flexibility index (Phi) is 3.94. The second kappa shape index (κ2) is 5.91.